The van der Waals surface area contributed by atoms with Gasteiger partial charge in [0.05, 0.1) is 9.40 Å². The van der Waals surface area contributed by atoms with Crippen molar-refractivity contribution >= 4 is 44.5 Å². The van der Waals surface area contributed by atoms with Crippen molar-refractivity contribution in [1.29, 1.82) is 0 Å². The highest BCUT2D eigenvalue weighted by Gasteiger charge is 2.15. The lowest BCUT2D eigenvalue weighted by Gasteiger charge is -2.04. The van der Waals surface area contributed by atoms with Crippen molar-refractivity contribution in [2.24, 2.45) is 5.73 Å². The molecule has 0 aliphatic heterocycles. The van der Waals surface area contributed by atoms with Gasteiger partial charge in [-0.15, -0.1) is 11.3 Å². The van der Waals surface area contributed by atoms with Crippen LogP contribution in [0.4, 0.5) is 11.4 Å². The minimum Gasteiger partial charge on any atom is -0.325 e. The monoisotopic (exact) mass is 356 g/mol. The number of aromatic nitrogens is 1. The number of nitro groups is 1. The van der Waals surface area contributed by atoms with Gasteiger partial charge < -0.3 is 11.1 Å². The summed E-state index contributed by atoms with van der Waals surface area (Å²) in [6.45, 7) is 0.266. The highest BCUT2D eigenvalue weighted by molar-refractivity contribution is 9.10. The molecule has 1 aromatic heterocycles. The maximum absolute atomic E-state index is 11.9. The second-order valence-electron chi connectivity index (χ2n) is 3.71. The van der Waals surface area contributed by atoms with Crippen molar-refractivity contribution in [3.8, 4) is 0 Å². The maximum atomic E-state index is 11.9. The van der Waals surface area contributed by atoms with Crippen LogP contribution >= 0.6 is 27.3 Å². The van der Waals surface area contributed by atoms with Gasteiger partial charge in [-0.2, -0.15) is 0 Å². The molecule has 0 fully saturated rings. The SMILES string of the molecule is NCc1nc(C(=O)Nc2ccc(Br)c([N+](=O)[O-])c2)cs1. The van der Waals surface area contributed by atoms with Gasteiger partial charge in [-0.3, -0.25) is 14.9 Å². The van der Waals surface area contributed by atoms with Gasteiger partial charge in [0.25, 0.3) is 11.6 Å². The van der Waals surface area contributed by atoms with Gasteiger partial charge in [-0.25, -0.2) is 4.98 Å². The lowest BCUT2D eigenvalue weighted by molar-refractivity contribution is -0.385. The van der Waals surface area contributed by atoms with E-state index in [1.165, 1.54) is 23.5 Å². The summed E-state index contributed by atoms with van der Waals surface area (Å²) in [5, 5.41) is 15.6. The molecule has 104 valence electrons. The van der Waals surface area contributed by atoms with E-state index in [1.807, 2.05) is 0 Å². The molecule has 3 N–H and O–H groups in total. The van der Waals surface area contributed by atoms with Crippen LogP contribution in [0.2, 0.25) is 0 Å². The van der Waals surface area contributed by atoms with Gasteiger partial charge in [-0.05, 0) is 28.1 Å². The fraction of sp³-hybridized carbons (Fsp3) is 0.0909. The highest BCUT2D eigenvalue weighted by Crippen LogP contribution is 2.28. The van der Waals surface area contributed by atoms with E-state index in [0.717, 1.165) is 0 Å². The average molecular weight is 357 g/mol. The molecule has 2 aromatic rings. The third kappa shape index (κ3) is 3.18. The number of nitro benzene ring substituents is 1. The zero-order valence-electron chi connectivity index (χ0n) is 10.00. The van der Waals surface area contributed by atoms with Gasteiger partial charge in [-0.1, -0.05) is 0 Å². The normalized spacial score (nSPS) is 10.3. The second-order valence-corrected chi connectivity index (χ2v) is 5.51. The molecule has 7 nitrogen and oxygen atoms in total. The Labute approximate surface area is 126 Å². The van der Waals surface area contributed by atoms with E-state index in [4.69, 9.17) is 5.73 Å². The van der Waals surface area contributed by atoms with Gasteiger partial charge in [0.15, 0.2) is 0 Å². The minimum atomic E-state index is -0.533. The molecule has 0 saturated carbocycles. The molecule has 0 bridgehead atoms. The summed E-state index contributed by atoms with van der Waals surface area (Å²) in [6.07, 6.45) is 0. The Morgan fingerprint density at radius 2 is 2.30 bits per heavy atom. The van der Waals surface area contributed by atoms with E-state index in [2.05, 4.69) is 26.2 Å². The molecule has 9 heteroatoms. The molecule has 0 radical (unpaired) electrons. The summed E-state index contributed by atoms with van der Waals surface area (Å²) in [7, 11) is 0. The molecule has 20 heavy (non-hydrogen) atoms. The number of carbonyl (C=O) groups is 1. The lowest BCUT2D eigenvalue weighted by Crippen LogP contribution is -2.12. The molecule has 0 unspecified atom stereocenters. The number of hydrogen-bond acceptors (Lipinski definition) is 6. The highest BCUT2D eigenvalue weighted by atomic mass is 79.9. The molecule has 0 aliphatic carbocycles. The predicted molar refractivity (Wildman–Crippen MR) is 78.8 cm³/mol. The Morgan fingerprint density at radius 1 is 1.55 bits per heavy atom. The van der Waals surface area contributed by atoms with E-state index in [-0.39, 0.29) is 17.9 Å². The number of thiazole rings is 1. The summed E-state index contributed by atoms with van der Waals surface area (Å²) >= 11 is 4.36. The number of rotatable bonds is 4. The zero-order valence-corrected chi connectivity index (χ0v) is 12.4. The quantitative estimate of drug-likeness (QED) is 0.645. The van der Waals surface area contributed by atoms with Crippen LogP contribution in [0.15, 0.2) is 28.1 Å². The molecule has 0 atom stereocenters. The summed E-state index contributed by atoms with van der Waals surface area (Å²) in [5.74, 6) is -0.433. The largest absolute Gasteiger partial charge is 0.325 e. The number of nitrogens with one attached hydrogen (secondary N) is 1. The topological polar surface area (TPSA) is 111 Å². The van der Waals surface area contributed by atoms with Gasteiger partial charge in [0.1, 0.15) is 10.7 Å². The fourth-order valence-electron chi connectivity index (χ4n) is 1.43. The Kier molecular flexibility index (Phi) is 4.42. The first kappa shape index (κ1) is 14.6. The van der Waals surface area contributed by atoms with Crippen LogP contribution in [-0.4, -0.2) is 15.8 Å². The standard InChI is InChI=1S/C11H9BrN4O3S/c12-7-2-1-6(3-9(7)16(18)19)14-11(17)8-5-20-10(4-13)15-8/h1-3,5H,4,13H2,(H,14,17). The van der Waals surface area contributed by atoms with E-state index >= 15 is 0 Å². The van der Waals surface area contributed by atoms with Crippen LogP contribution in [-0.2, 0) is 6.54 Å². The average Bonchev–Trinajstić information content (AvgIpc) is 2.89. The number of carbonyl (C=O) groups excluding carboxylic acids is 1. The Hall–Kier alpha value is -1.84. The molecule has 1 aromatic carbocycles. The van der Waals surface area contributed by atoms with Crippen LogP contribution in [0.1, 0.15) is 15.5 Å². The van der Waals surface area contributed by atoms with Crippen LogP contribution in [0.25, 0.3) is 0 Å². The summed E-state index contributed by atoms with van der Waals surface area (Å²) in [6, 6.07) is 4.34. The molecule has 1 amide bonds. The molecular formula is C11H9BrN4O3S. The molecule has 2 rings (SSSR count). The Bertz CT molecular complexity index is 673. The van der Waals surface area contributed by atoms with Crippen molar-refractivity contribution in [1.82, 2.24) is 4.98 Å². The van der Waals surface area contributed by atoms with Crippen LogP contribution in [0.5, 0.6) is 0 Å². The molecule has 0 spiro atoms. The zero-order chi connectivity index (χ0) is 14.7. The number of benzene rings is 1. The maximum Gasteiger partial charge on any atom is 0.285 e. The molecular weight excluding hydrogens is 348 g/mol. The summed E-state index contributed by atoms with van der Waals surface area (Å²) < 4.78 is 0.347. The van der Waals surface area contributed by atoms with Crippen molar-refractivity contribution in [2.45, 2.75) is 6.54 Å². The van der Waals surface area contributed by atoms with E-state index in [1.54, 1.807) is 11.4 Å². The Balaban J connectivity index is 2.19. The Morgan fingerprint density at radius 3 is 2.90 bits per heavy atom. The number of halogens is 1. The van der Waals surface area contributed by atoms with Gasteiger partial charge in [0, 0.05) is 23.7 Å². The minimum absolute atomic E-state index is 0.122. The number of hydrogen-bond donors (Lipinski definition) is 2. The van der Waals surface area contributed by atoms with Gasteiger partial charge >= 0.3 is 0 Å². The number of nitrogens with two attached hydrogens (primary N) is 1. The van der Waals surface area contributed by atoms with E-state index < -0.39 is 10.8 Å². The van der Waals surface area contributed by atoms with Crippen molar-refractivity contribution in [3.63, 3.8) is 0 Å². The number of anilines is 1. The predicted octanol–water partition coefficient (Wildman–Crippen LogP) is 2.52. The number of nitrogens with zero attached hydrogens (tertiary/aromatic N) is 2. The molecule has 0 aliphatic rings. The summed E-state index contributed by atoms with van der Waals surface area (Å²) in [4.78, 5) is 26.2. The van der Waals surface area contributed by atoms with Crippen molar-refractivity contribution in [2.75, 3.05) is 5.32 Å². The third-order valence-corrected chi connectivity index (χ3v) is 3.90. The van der Waals surface area contributed by atoms with E-state index in [0.29, 0.717) is 15.2 Å². The fourth-order valence-corrected chi connectivity index (χ4v) is 2.48. The van der Waals surface area contributed by atoms with Crippen molar-refractivity contribution < 1.29 is 9.72 Å². The molecule has 1 heterocycles. The first-order valence-corrected chi connectivity index (χ1v) is 7.08. The van der Waals surface area contributed by atoms with E-state index in [9.17, 15) is 14.9 Å². The first-order valence-electron chi connectivity index (χ1n) is 5.41. The summed E-state index contributed by atoms with van der Waals surface area (Å²) in [5.41, 5.74) is 5.86. The van der Waals surface area contributed by atoms with Gasteiger partial charge in [0.2, 0.25) is 0 Å². The van der Waals surface area contributed by atoms with Crippen LogP contribution in [0, 0.1) is 10.1 Å². The van der Waals surface area contributed by atoms with Crippen LogP contribution in [0.3, 0.4) is 0 Å². The smallest absolute Gasteiger partial charge is 0.285 e. The lowest BCUT2D eigenvalue weighted by atomic mass is 10.2. The van der Waals surface area contributed by atoms with Crippen molar-refractivity contribution in [3.05, 3.63) is 48.9 Å². The van der Waals surface area contributed by atoms with Crippen LogP contribution < -0.4 is 11.1 Å². The third-order valence-electron chi connectivity index (χ3n) is 2.36. The second kappa shape index (κ2) is 6.07. The first-order chi connectivity index (χ1) is 9.51. The number of amides is 1. The molecule has 0 saturated heterocycles.